The molecule has 98 valence electrons. The van der Waals surface area contributed by atoms with E-state index < -0.39 is 0 Å². The molecule has 1 aromatic rings. The second kappa shape index (κ2) is 5.66. The van der Waals surface area contributed by atoms with Crippen molar-refractivity contribution in [2.75, 3.05) is 6.61 Å². The van der Waals surface area contributed by atoms with E-state index in [9.17, 15) is 4.79 Å². The predicted octanol–water partition coefficient (Wildman–Crippen LogP) is 3.69. The smallest absolute Gasteiger partial charge is 0.163 e. The fraction of sp³-hybridized carbons (Fsp3) is 0.562. The van der Waals surface area contributed by atoms with Crippen LogP contribution in [0.15, 0.2) is 18.2 Å². The van der Waals surface area contributed by atoms with Gasteiger partial charge in [0.05, 0.1) is 6.10 Å². The lowest BCUT2D eigenvalue weighted by molar-refractivity contribution is -0.0246. The highest BCUT2D eigenvalue weighted by Crippen LogP contribution is 2.33. The van der Waals surface area contributed by atoms with Crippen molar-refractivity contribution in [1.82, 2.24) is 0 Å². The van der Waals surface area contributed by atoms with Crippen LogP contribution < -0.4 is 0 Å². The molecule has 1 saturated carbocycles. The first kappa shape index (κ1) is 13.3. The summed E-state index contributed by atoms with van der Waals surface area (Å²) in [6, 6.07) is 6.10. The summed E-state index contributed by atoms with van der Waals surface area (Å²) >= 11 is 0. The summed E-state index contributed by atoms with van der Waals surface area (Å²) < 4.78 is 5.53. The van der Waals surface area contributed by atoms with Gasteiger partial charge in [-0.1, -0.05) is 17.7 Å². The minimum atomic E-state index is 0.288. The monoisotopic (exact) mass is 246 g/mol. The second-order valence-corrected chi connectivity index (χ2v) is 5.36. The van der Waals surface area contributed by atoms with Gasteiger partial charge in [0, 0.05) is 18.6 Å². The van der Waals surface area contributed by atoms with E-state index in [0.29, 0.717) is 18.4 Å². The molecule has 2 rings (SSSR count). The Morgan fingerprint density at radius 3 is 2.72 bits per heavy atom. The molecule has 0 aromatic heterocycles. The third kappa shape index (κ3) is 2.99. The largest absolute Gasteiger partial charge is 0.378 e. The first-order chi connectivity index (χ1) is 8.60. The van der Waals surface area contributed by atoms with Crippen LogP contribution in [-0.2, 0) is 4.74 Å². The number of carbonyl (C=O) groups excluding carboxylic acids is 1. The Kier molecular flexibility index (Phi) is 4.18. The van der Waals surface area contributed by atoms with Gasteiger partial charge in [-0.15, -0.1) is 0 Å². The van der Waals surface area contributed by atoms with Crippen molar-refractivity contribution >= 4 is 5.78 Å². The number of ether oxygens (including phenoxy) is 1. The molecule has 2 heteroatoms. The highest BCUT2D eigenvalue weighted by molar-refractivity contribution is 5.97. The first-order valence-corrected chi connectivity index (χ1v) is 6.82. The molecule has 0 radical (unpaired) electrons. The van der Waals surface area contributed by atoms with Crippen molar-refractivity contribution < 1.29 is 9.53 Å². The summed E-state index contributed by atoms with van der Waals surface area (Å²) in [6.45, 7) is 6.85. The Morgan fingerprint density at radius 2 is 2.06 bits per heavy atom. The fourth-order valence-electron chi connectivity index (χ4n) is 2.62. The second-order valence-electron chi connectivity index (χ2n) is 5.36. The van der Waals surface area contributed by atoms with Gasteiger partial charge in [0.2, 0.25) is 0 Å². The fourth-order valence-corrected chi connectivity index (χ4v) is 2.62. The average Bonchev–Trinajstić information content (AvgIpc) is 2.29. The molecular formula is C16H22O2. The SMILES string of the molecule is CCOC1CC(CC(=O)c2cc(C)ccc2C)C1. The van der Waals surface area contributed by atoms with Crippen LogP contribution in [0.3, 0.4) is 0 Å². The van der Waals surface area contributed by atoms with E-state index in [4.69, 9.17) is 4.74 Å². The molecule has 18 heavy (non-hydrogen) atoms. The van der Waals surface area contributed by atoms with Gasteiger partial charge in [-0.3, -0.25) is 4.79 Å². The lowest BCUT2D eigenvalue weighted by Gasteiger charge is -2.34. The molecule has 1 aliphatic carbocycles. The zero-order valence-corrected chi connectivity index (χ0v) is 11.5. The molecule has 0 bridgehead atoms. The predicted molar refractivity (Wildman–Crippen MR) is 73.0 cm³/mol. The maximum absolute atomic E-state index is 12.2. The van der Waals surface area contributed by atoms with E-state index in [1.165, 1.54) is 0 Å². The van der Waals surface area contributed by atoms with Crippen LogP contribution in [-0.4, -0.2) is 18.5 Å². The van der Waals surface area contributed by atoms with Crippen LogP contribution in [0.2, 0.25) is 0 Å². The molecule has 0 unspecified atom stereocenters. The van der Waals surface area contributed by atoms with Gasteiger partial charge in [-0.2, -0.15) is 0 Å². The third-order valence-corrected chi connectivity index (χ3v) is 3.76. The number of carbonyl (C=O) groups is 1. The Balaban J connectivity index is 1.91. The Hall–Kier alpha value is -1.15. The molecular weight excluding hydrogens is 224 g/mol. The first-order valence-electron chi connectivity index (χ1n) is 6.82. The quantitative estimate of drug-likeness (QED) is 0.741. The third-order valence-electron chi connectivity index (χ3n) is 3.76. The summed E-state index contributed by atoms with van der Waals surface area (Å²) in [4.78, 5) is 12.2. The summed E-state index contributed by atoms with van der Waals surface area (Å²) in [5.41, 5.74) is 3.14. The summed E-state index contributed by atoms with van der Waals surface area (Å²) in [7, 11) is 0. The Morgan fingerprint density at radius 1 is 1.33 bits per heavy atom. The Bertz CT molecular complexity index is 431. The van der Waals surface area contributed by atoms with E-state index in [1.807, 2.05) is 32.9 Å². The van der Waals surface area contributed by atoms with Gasteiger partial charge in [0.1, 0.15) is 0 Å². The van der Waals surface area contributed by atoms with Crippen LogP contribution in [0.5, 0.6) is 0 Å². The zero-order chi connectivity index (χ0) is 13.1. The van der Waals surface area contributed by atoms with E-state index in [1.54, 1.807) is 0 Å². The normalized spacial score (nSPS) is 22.6. The van der Waals surface area contributed by atoms with Crippen LogP contribution in [0.1, 0.15) is 47.7 Å². The van der Waals surface area contributed by atoms with Crippen molar-refractivity contribution in [3.8, 4) is 0 Å². The Labute approximate surface area is 109 Å². The standard InChI is InChI=1S/C16H22O2/c1-4-18-14-8-13(9-14)10-16(17)15-7-11(2)5-6-12(15)3/h5-7,13-14H,4,8-10H2,1-3H3. The summed E-state index contributed by atoms with van der Waals surface area (Å²) in [5, 5.41) is 0. The van der Waals surface area contributed by atoms with E-state index >= 15 is 0 Å². The molecule has 0 heterocycles. The van der Waals surface area contributed by atoms with Crippen LogP contribution in [0.25, 0.3) is 0 Å². The van der Waals surface area contributed by atoms with Gasteiger partial charge in [0.15, 0.2) is 5.78 Å². The van der Waals surface area contributed by atoms with E-state index in [2.05, 4.69) is 6.07 Å². The number of benzene rings is 1. The molecule has 2 nitrogen and oxygen atoms in total. The number of hydrogen-bond acceptors (Lipinski definition) is 2. The molecule has 0 spiro atoms. The van der Waals surface area contributed by atoms with Crippen LogP contribution in [0.4, 0.5) is 0 Å². The van der Waals surface area contributed by atoms with E-state index in [-0.39, 0.29) is 5.78 Å². The highest BCUT2D eigenvalue weighted by atomic mass is 16.5. The zero-order valence-electron chi connectivity index (χ0n) is 11.5. The molecule has 0 amide bonds. The topological polar surface area (TPSA) is 26.3 Å². The molecule has 0 saturated heterocycles. The van der Waals surface area contributed by atoms with Crippen molar-refractivity contribution in [3.05, 3.63) is 34.9 Å². The number of Topliss-reactive ketones (excluding diaryl/α,β-unsaturated/α-hetero) is 1. The van der Waals surface area contributed by atoms with Crippen molar-refractivity contribution in [3.63, 3.8) is 0 Å². The molecule has 0 N–H and O–H groups in total. The molecule has 0 atom stereocenters. The molecule has 1 fully saturated rings. The van der Waals surface area contributed by atoms with Gasteiger partial charge in [0.25, 0.3) is 0 Å². The number of hydrogen-bond donors (Lipinski definition) is 0. The van der Waals surface area contributed by atoms with Crippen LogP contribution in [0, 0.1) is 19.8 Å². The molecule has 1 aliphatic rings. The lowest BCUT2D eigenvalue weighted by atomic mass is 9.78. The number of rotatable bonds is 5. The minimum Gasteiger partial charge on any atom is -0.378 e. The van der Waals surface area contributed by atoms with Crippen LogP contribution >= 0.6 is 0 Å². The van der Waals surface area contributed by atoms with Gasteiger partial charge in [-0.25, -0.2) is 0 Å². The van der Waals surface area contributed by atoms with Gasteiger partial charge in [-0.05, 0) is 51.2 Å². The summed E-state index contributed by atoms with van der Waals surface area (Å²) in [5.74, 6) is 0.810. The van der Waals surface area contributed by atoms with Gasteiger partial charge >= 0.3 is 0 Å². The lowest BCUT2D eigenvalue weighted by Crippen LogP contribution is -2.32. The summed E-state index contributed by atoms with van der Waals surface area (Å²) in [6.07, 6.45) is 3.16. The maximum Gasteiger partial charge on any atom is 0.163 e. The van der Waals surface area contributed by atoms with Crippen molar-refractivity contribution in [2.45, 2.75) is 46.1 Å². The highest BCUT2D eigenvalue weighted by Gasteiger charge is 2.31. The van der Waals surface area contributed by atoms with Crippen molar-refractivity contribution in [1.29, 1.82) is 0 Å². The minimum absolute atomic E-state index is 0.288. The number of aryl methyl sites for hydroxylation is 2. The molecule has 1 aromatic carbocycles. The average molecular weight is 246 g/mol. The molecule has 0 aliphatic heterocycles. The van der Waals surface area contributed by atoms with Crippen molar-refractivity contribution in [2.24, 2.45) is 5.92 Å². The number of ketones is 1. The maximum atomic E-state index is 12.2. The van der Waals surface area contributed by atoms with E-state index in [0.717, 1.165) is 36.1 Å². The van der Waals surface area contributed by atoms with Gasteiger partial charge < -0.3 is 4.74 Å².